The fourth-order valence-electron chi connectivity index (χ4n) is 16.4. The third-order valence-electron chi connectivity index (χ3n) is 23.9. The Bertz CT molecular complexity index is 3330. The normalized spacial score (nSPS) is 16.0. The molecule has 21 heteroatoms. The highest BCUT2D eigenvalue weighted by Gasteiger charge is 2.43. The van der Waals surface area contributed by atoms with Crippen molar-refractivity contribution >= 4 is 64.1 Å². The third kappa shape index (κ3) is 44.6. The van der Waals surface area contributed by atoms with Gasteiger partial charge in [0, 0.05) is 36.8 Å². The molecule has 0 aliphatic carbocycles. The van der Waals surface area contributed by atoms with Crippen LogP contribution in [-0.4, -0.2) is 124 Å². The molecule has 0 amide bonds. The lowest BCUT2D eigenvalue weighted by atomic mass is 9.92. The van der Waals surface area contributed by atoms with Gasteiger partial charge in [-0.05, 0) is 105 Å². The van der Waals surface area contributed by atoms with E-state index in [0.29, 0.717) is 66.3 Å². The lowest BCUT2D eigenvalue weighted by molar-refractivity contribution is -0.953. The number of carboxylic acid groups (broad SMARTS) is 1. The Morgan fingerprint density at radius 3 is 0.983 bits per heavy atom. The molecule has 4 heterocycles. The molecular weight excluding hydrogens is 1690 g/mol. The van der Waals surface area contributed by atoms with Gasteiger partial charge >= 0.3 is 11.9 Å². The van der Waals surface area contributed by atoms with Crippen LogP contribution in [0.25, 0.3) is 11.1 Å². The Kier molecular flexibility index (Phi) is 59.8. The molecule has 5 atom stereocenters. The summed E-state index contributed by atoms with van der Waals surface area (Å²) < 4.78 is 60.2. The van der Waals surface area contributed by atoms with Crippen molar-refractivity contribution in [3.05, 3.63) is 113 Å². The lowest BCUT2D eigenvalue weighted by Crippen LogP contribution is -3.00. The minimum absolute atomic E-state index is 0. The number of benzene rings is 3. The quantitative estimate of drug-likeness (QED) is 0.0117. The number of halogens is 2. The van der Waals surface area contributed by atoms with Gasteiger partial charge in [0.2, 0.25) is 0 Å². The number of alkyl halides is 1. The van der Waals surface area contributed by atoms with Crippen LogP contribution in [0.2, 0.25) is 0 Å². The summed E-state index contributed by atoms with van der Waals surface area (Å²) in [6.07, 6.45) is 64.6. The molecule has 0 fully saturated rings. The smallest absolute Gasteiger partial charge is 0.310 e. The van der Waals surface area contributed by atoms with Crippen molar-refractivity contribution in [3.63, 3.8) is 0 Å². The number of methoxy groups -OCH3 is 3. The van der Waals surface area contributed by atoms with E-state index in [2.05, 4.69) is 78.4 Å². The zero-order valence-corrected chi connectivity index (χ0v) is 81.5. The average Bonchev–Trinajstić information content (AvgIpc) is 1.27. The average molecular weight is 1850 g/mol. The van der Waals surface area contributed by atoms with E-state index in [0.717, 1.165) is 153 Å². The molecule has 5 aromatic rings. The Morgan fingerprint density at radius 1 is 0.405 bits per heavy atom. The Balaban J connectivity index is 0.000000392. The van der Waals surface area contributed by atoms with E-state index in [-0.39, 0.29) is 42.3 Å². The molecule has 7 rings (SSSR count). The van der Waals surface area contributed by atoms with Crippen molar-refractivity contribution in [1.29, 1.82) is 0 Å². The van der Waals surface area contributed by atoms with Gasteiger partial charge in [0.25, 0.3) is 24.2 Å². The van der Waals surface area contributed by atoms with E-state index in [1.165, 1.54) is 248 Å². The molecular formula is C100H162ClIN6O11S2. The molecule has 0 bridgehead atoms. The second-order valence-corrected chi connectivity index (χ2v) is 36.3. The number of hydrogen-bond donors (Lipinski definition) is 0. The maximum absolute atomic E-state index is 13.3. The Morgan fingerprint density at radius 2 is 0.686 bits per heavy atom. The summed E-state index contributed by atoms with van der Waals surface area (Å²) in [6, 6.07) is 23.3. The van der Waals surface area contributed by atoms with Crippen LogP contribution in [0.3, 0.4) is 0 Å². The van der Waals surface area contributed by atoms with Crippen LogP contribution in [0.5, 0.6) is 29.0 Å². The summed E-state index contributed by atoms with van der Waals surface area (Å²) in [6.45, 7) is 15.6. The minimum Gasteiger partial charge on any atom is -1.00 e. The number of likely N-dealkylation sites (N-methyl/N-ethyl adjacent to an activating group) is 2. The number of nitrogens with zero attached hydrogens (tertiary/aromatic N) is 6. The van der Waals surface area contributed by atoms with Crippen LogP contribution in [0.15, 0.2) is 84.9 Å². The molecule has 5 unspecified atom stereocenters. The number of unbranched alkanes of at least 4 members (excludes halogenated alkanes) is 41. The number of hydrogen-bond acceptors (Lipinski definition) is 17. The number of rotatable bonds is 67. The van der Waals surface area contributed by atoms with Crippen molar-refractivity contribution in [2.24, 2.45) is 0 Å². The predicted molar refractivity (Wildman–Crippen MR) is 496 cm³/mol. The summed E-state index contributed by atoms with van der Waals surface area (Å²) in [4.78, 5) is 36.8. The SMILES string of the molecule is CCCCCCCCCCCCCCC(Cl)(Cc1ccc(OC)cc1)C(=O)[O-].CCCCCCCCCCCCCCCC(=O)OC(c1ccc(OC)cc1)[N+]1(C)CCC=C(c2nsnc2OCCCCCC)C1.CCCCCCCCCCCCCCCC(=O)OC(c1ccc(OC)cc1)[N+]1(C)CCC=C(c2nsnc2OCCCCCC)C1.[I-]. The standard InChI is InChI=1S/2C38H62N3O4S.C24H39ClO3.HI/c2*1-5-7-9-11-12-13-14-15-16-17-18-19-20-24-35(42)45-38(32-25-27-34(43-4)28-26-32)41(3)29-22-23-33(31-41)36-37(40-46-39-36)44-30-21-10-8-6-2;1-3-4-5-6-7-8-9-10-11-12-13-14-19-24(25,23(26)27)20-21-15-17-22(28-2)18-16-21;/h2*23,25-28,38H,5-22,24,29-31H2,1-4H3;15-18H,3-14,19-20H2,1-2H3,(H,26,27);1H/q2*+1;;/p-2. The van der Waals surface area contributed by atoms with Crippen molar-refractivity contribution in [2.45, 2.75) is 386 Å². The molecule has 121 heavy (non-hydrogen) atoms. The number of aliphatic carboxylic acids is 1. The summed E-state index contributed by atoms with van der Waals surface area (Å²) in [5.74, 6) is 2.17. The summed E-state index contributed by atoms with van der Waals surface area (Å²) in [5, 5.41) is 11.6. The van der Waals surface area contributed by atoms with E-state index in [4.69, 9.17) is 44.8 Å². The van der Waals surface area contributed by atoms with Crippen molar-refractivity contribution < 1.29 is 85.6 Å². The van der Waals surface area contributed by atoms with Gasteiger partial charge in [-0.15, -0.1) is 20.3 Å². The van der Waals surface area contributed by atoms with E-state index in [1.807, 2.05) is 72.8 Å². The molecule has 0 spiro atoms. The molecule has 0 radical (unpaired) electrons. The van der Waals surface area contributed by atoms with Crippen LogP contribution < -0.4 is 52.8 Å². The maximum Gasteiger partial charge on any atom is 0.310 e. The fourth-order valence-corrected chi connectivity index (χ4v) is 17.7. The number of quaternary nitrogens is 2. The van der Waals surface area contributed by atoms with Crippen molar-refractivity contribution in [2.75, 3.05) is 74.8 Å². The molecule has 684 valence electrons. The third-order valence-corrected chi connectivity index (χ3v) is 25.4. The number of aromatic nitrogens is 4. The first-order chi connectivity index (χ1) is 58.5. The molecule has 17 nitrogen and oxygen atoms in total. The minimum atomic E-state index is -1.33. The Hall–Kier alpha value is -5.39. The Labute approximate surface area is 764 Å². The van der Waals surface area contributed by atoms with Gasteiger partial charge in [-0.3, -0.25) is 18.6 Å². The van der Waals surface area contributed by atoms with Gasteiger partial charge in [-0.1, -0.05) is 329 Å². The number of ether oxygens (including phenoxy) is 7. The van der Waals surface area contributed by atoms with Crippen LogP contribution in [-0.2, 0) is 30.3 Å². The van der Waals surface area contributed by atoms with Crippen LogP contribution in [0.4, 0.5) is 0 Å². The van der Waals surface area contributed by atoms with Crippen molar-refractivity contribution in [1.82, 2.24) is 17.5 Å². The van der Waals surface area contributed by atoms with E-state index in [1.54, 1.807) is 21.3 Å². The molecule has 2 aliphatic heterocycles. The molecule has 2 aliphatic rings. The molecule has 0 saturated carbocycles. The highest BCUT2D eigenvalue weighted by molar-refractivity contribution is 6.99. The highest BCUT2D eigenvalue weighted by Crippen LogP contribution is 2.41. The molecule has 0 N–H and O–H groups in total. The van der Waals surface area contributed by atoms with E-state index < -0.39 is 23.3 Å². The number of carboxylic acids is 1. The molecule has 2 aromatic heterocycles. The van der Waals surface area contributed by atoms with Gasteiger partial charge in [0.15, 0.2) is 0 Å². The number of carbonyl (C=O) groups is 3. The zero-order chi connectivity index (χ0) is 86.4. The zero-order valence-electron chi connectivity index (χ0n) is 77.0. The predicted octanol–water partition coefficient (Wildman–Crippen LogP) is 24.0. The largest absolute Gasteiger partial charge is 1.00 e. The summed E-state index contributed by atoms with van der Waals surface area (Å²) in [7, 11) is 9.32. The number of carbonyl (C=O) groups excluding carboxylic acids is 3. The maximum atomic E-state index is 13.3. The van der Waals surface area contributed by atoms with Gasteiger partial charge in [-0.2, -0.15) is 8.75 Å². The second kappa shape index (κ2) is 67.0. The highest BCUT2D eigenvalue weighted by atomic mass is 127. The topological polar surface area (TPSA) is 190 Å². The first-order valence-corrected chi connectivity index (χ1v) is 49.5. The van der Waals surface area contributed by atoms with Gasteiger partial charge in [-0.25, -0.2) is 0 Å². The van der Waals surface area contributed by atoms with Crippen LogP contribution in [0, 0.1) is 0 Å². The van der Waals surface area contributed by atoms with Gasteiger partial charge in [0.1, 0.15) is 41.7 Å². The summed E-state index contributed by atoms with van der Waals surface area (Å²) in [5.41, 5.74) is 6.72. The van der Waals surface area contributed by atoms with Crippen LogP contribution in [0.1, 0.15) is 403 Å². The monoisotopic (exact) mass is 1850 g/mol. The van der Waals surface area contributed by atoms with E-state index >= 15 is 0 Å². The van der Waals surface area contributed by atoms with Gasteiger partial charge in [0.05, 0.1) is 107 Å². The molecule has 0 saturated heterocycles. The lowest BCUT2D eigenvalue weighted by Gasteiger charge is -2.42. The fraction of sp³-hybridized carbons (Fsp3) is 0.710. The first-order valence-electron chi connectivity index (χ1n) is 47.7. The van der Waals surface area contributed by atoms with Crippen LogP contribution >= 0.6 is 35.1 Å². The first kappa shape index (κ1) is 108. The number of esters is 2. The van der Waals surface area contributed by atoms with E-state index in [9.17, 15) is 19.5 Å². The van der Waals surface area contributed by atoms with Crippen molar-refractivity contribution in [3.8, 4) is 29.0 Å². The second-order valence-electron chi connectivity index (χ2n) is 34.5. The molecule has 3 aromatic carbocycles. The van der Waals surface area contributed by atoms with Gasteiger partial charge < -0.3 is 67.0 Å². The summed E-state index contributed by atoms with van der Waals surface area (Å²) >= 11 is 8.82.